The van der Waals surface area contributed by atoms with E-state index in [1.54, 1.807) is 0 Å². The fourth-order valence-electron chi connectivity index (χ4n) is 1.83. The highest BCUT2D eigenvalue weighted by molar-refractivity contribution is 7.99. The van der Waals surface area contributed by atoms with Crippen LogP contribution in [0.25, 0.3) is 0 Å². The molecule has 2 atom stereocenters. The molecule has 3 heteroatoms. The van der Waals surface area contributed by atoms with E-state index in [0.717, 1.165) is 11.3 Å². The van der Waals surface area contributed by atoms with Crippen LogP contribution in [0.3, 0.4) is 0 Å². The average Bonchev–Trinajstić information content (AvgIpc) is 2.46. The van der Waals surface area contributed by atoms with Crippen molar-refractivity contribution in [3.8, 4) is 0 Å². The Hall–Kier alpha value is 0.270. The number of nitrogens with one attached hydrogen (secondary N) is 2. The minimum Gasteiger partial charge on any atom is -0.317 e. The molecule has 2 nitrogen and oxygen atoms in total. The number of hydrogen-bond acceptors (Lipinski definition) is 3. The molecule has 1 aliphatic rings. The summed E-state index contributed by atoms with van der Waals surface area (Å²) >= 11 is 1.96. The van der Waals surface area contributed by atoms with Gasteiger partial charge in [-0.25, -0.2) is 0 Å². The lowest BCUT2D eigenvalue weighted by Gasteiger charge is -2.17. The lowest BCUT2D eigenvalue weighted by molar-refractivity contribution is 0.464. The summed E-state index contributed by atoms with van der Waals surface area (Å²) in [4.78, 5) is 0. The topological polar surface area (TPSA) is 24.1 Å². The van der Waals surface area contributed by atoms with Crippen molar-refractivity contribution < 1.29 is 0 Å². The molecule has 0 aliphatic carbocycles. The minimum absolute atomic E-state index is 0.763. The van der Waals surface area contributed by atoms with Crippen LogP contribution in [0.2, 0.25) is 0 Å². The quantitative estimate of drug-likeness (QED) is 0.733. The maximum absolute atomic E-state index is 3.67. The van der Waals surface area contributed by atoms with Crippen molar-refractivity contribution in [3.63, 3.8) is 0 Å². The van der Waals surface area contributed by atoms with E-state index >= 15 is 0 Å². The molecule has 1 heterocycles. The zero-order chi connectivity index (χ0) is 10.2. The molecule has 0 aromatic heterocycles. The maximum Gasteiger partial charge on any atom is 0.00796 e. The van der Waals surface area contributed by atoms with Crippen molar-refractivity contribution in [3.05, 3.63) is 0 Å². The molecule has 0 spiro atoms. The molecule has 1 fully saturated rings. The summed E-state index contributed by atoms with van der Waals surface area (Å²) in [6.45, 7) is 5.89. The van der Waals surface area contributed by atoms with E-state index in [0.29, 0.717) is 0 Å². The van der Waals surface area contributed by atoms with Crippen molar-refractivity contribution >= 4 is 11.8 Å². The molecule has 2 unspecified atom stereocenters. The molecule has 1 aliphatic heterocycles. The van der Waals surface area contributed by atoms with Crippen molar-refractivity contribution in [1.82, 2.24) is 10.6 Å². The largest absolute Gasteiger partial charge is 0.317 e. The van der Waals surface area contributed by atoms with Gasteiger partial charge in [-0.15, -0.1) is 0 Å². The SMILES string of the molecule is CSC(C)CCNC1CCCNCC1. The van der Waals surface area contributed by atoms with E-state index in [1.807, 2.05) is 11.8 Å². The third-order valence-electron chi connectivity index (χ3n) is 2.96. The molecule has 0 amide bonds. The Bertz CT molecular complexity index is 133. The first kappa shape index (κ1) is 12.3. The second-order valence-corrected chi connectivity index (χ2v) is 5.44. The Kier molecular flexibility index (Phi) is 6.65. The van der Waals surface area contributed by atoms with Gasteiger partial charge in [0.1, 0.15) is 0 Å². The summed E-state index contributed by atoms with van der Waals surface area (Å²) < 4.78 is 0. The van der Waals surface area contributed by atoms with E-state index in [2.05, 4.69) is 23.8 Å². The van der Waals surface area contributed by atoms with Crippen LogP contribution in [0.15, 0.2) is 0 Å². The highest BCUT2D eigenvalue weighted by Gasteiger charge is 2.10. The highest BCUT2D eigenvalue weighted by atomic mass is 32.2. The second-order valence-electron chi connectivity index (χ2n) is 4.17. The molecule has 0 saturated carbocycles. The Morgan fingerprint density at radius 2 is 2.29 bits per heavy atom. The Morgan fingerprint density at radius 3 is 3.07 bits per heavy atom. The van der Waals surface area contributed by atoms with E-state index in [1.165, 1.54) is 45.3 Å². The van der Waals surface area contributed by atoms with Crippen LogP contribution < -0.4 is 10.6 Å². The van der Waals surface area contributed by atoms with Gasteiger partial charge < -0.3 is 10.6 Å². The molecular formula is C11H24N2S. The normalized spacial score (nSPS) is 25.7. The predicted octanol–water partition coefficient (Wildman–Crippen LogP) is 1.86. The van der Waals surface area contributed by atoms with Crippen LogP contribution in [0, 0.1) is 0 Å². The van der Waals surface area contributed by atoms with Crippen LogP contribution in [0.1, 0.15) is 32.6 Å². The van der Waals surface area contributed by atoms with Crippen molar-refractivity contribution in [2.75, 3.05) is 25.9 Å². The first-order valence-electron chi connectivity index (χ1n) is 5.80. The first-order valence-corrected chi connectivity index (χ1v) is 7.08. The van der Waals surface area contributed by atoms with Gasteiger partial charge in [-0.3, -0.25) is 0 Å². The van der Waals surface area contributed by atoms with Crippen LogP contribution in [0.5, 0.6) is 0 Å². The maximum atomic E-state index is 3.67. The third kappa shape index (κ3) is 5.23. The first-order chi connectivity index (χ1) is 6.83. The van der Waals surface area contributed by atoms with E-state index in [9.17, 15) is 0 Å². The monoisotopic (exact) mass is 216 g/mol. The molecule has 0 aromatic rings. The molecule has 1 saturated heterocycles. The van der Waals surface area contributed by atoms with Gasteiger partial charge in [-0.2, -0.15) is 11.8 Å². The smallest absolute Gasteiger partial charge is 0.00796 e. The number of thioether (sulfide) groups is 1. The van der Waals surface area contributed by atoms with Gasteiger partial charge in [0.25, 0.3) is 0 Å². The van der Waals surface area contributed by atoms with Crippen LogP contribution in [-0.4, -0.2) is 37.2 Å². The summed E-state index contributed by atoms with van der Waals surface area (Å²) in [5.74, 6) is 0. The zero-order valence-electron chi connectivity index (χ0n) is 9.51. The zero-order valence-corrected chi connectivity index (χ0v) is 10.3. The Balaban J connectivity index is 2.04. The van der Waals surface area contributed by atoms with E-state index < -0.39 is 0 Å². The van der Waals surface area contributed by atoms with Gasteiger partial charge in [0.05, 0.1) is 0 Å². The summed E-state index contributed by atoms with van der Waals surface area (Å²) in [5.41, 5.74) is 0. The molecule has 84 valence electrons. The summed E-state index contributed by atoms with van der Waals surface area (Å²) in [7, 11) is 0. The highest BCUT2D eigenvalue weighted by Crippen LogP contribution is 2.09. The molecule has 0 aromatic carbocycles. The van der Waals surface area contributed by atoms with E-state index in [4.69, 9.17) is 0 Å². The van der Waals surface area contributed by atoms with Gasteiger partial charge in [0.2, 0.25) is 0 Å². The lowest BCUT2D eigenvalue weighted by atomic mass is 10.1. The van der Waals surface area contributed by atoms with Gasteiger partial charge in [-0.05, 0) is 51.6 Å². The molecule has 1 rings (SSSR count). The standard InChI is InChI=1S/C11H24N2S/c1-10(14-2)5-9-13-11-4-3-7-12-8-6-11/h10-13H,3-9H2,1-2H3. The summed E-state index contributed by atoms with van der Waals surface area (Å²) in [6.07, 6.45) is 7.47. The van der Waals surface area contributed by atoms with Gasteiger partial charge in [0.15, 0.2) is 0 Å². The number of rotatable bonds is 5. The predicted molar refractivity (Wildman–Crippen MR) is 66.1 cm³/mol. The average molecular weight is 216 g/mol. The molecule has 0 bridgehead atoms. The Labute approximate surface area is 92.6 Å². The summed E-state index contributed by atoms with van der Waals surface area (Å²) in [6, 6.07) is 0.763. The third-order valence-corrected chi connectivity index (χ3v) is 4.00. The van der Waals surface area contributed by atoms with Crippen molar-refractivity contribution in [2.45, 2.75) is 43.9 Å². The molecule has 0 radical (unpaired) electrons. The van der Waals surface area contributed by atoms with Gasteiger partial charge in [-0.1, -0.05) is 6.92 Å². The van der Waals surface area contributed by atoms with Crippen LogP contribution in [0.4, 0.5) is 0 Å². The van der Waals surface area contributed by atoms with Crippen molar-refractivity contribution in [1.29, 1.82) is 0 Å². The molecule has 2 N–H and O–H groups in total. The van der Waals surface area contributed by atoms with Gasteiger partial charge in [0, 0.05) is 11.3 Å². The molecular weight excluding hydrogens is 192 g/mol. The van der Waals surface area contributed by atoms with Gasteiger partial charge >= 0.3 is 0 Å². The summed E-state index contributed by atoms with van der Waals surface area (Å²) in [5, 5.41) is 7.91. The molecule has 14 heavy (non-hydrogen) atoms. The fourth-order valence-corrected chi connectivity index (χ4v) is 2.19. The minimum atomic E-state index is 0.763. The van der Waals surface area contributed by atoms with E-state index in [-0.39, 0.29) is 0 Å². The lowest BCUT2D eigenvalue weighted by Crippen LogP contribution is -2.31. The number of hydrogen-bond donors (Lipinski definition) is 2. The second kappa shape index (κ2) is 7.55. The van der Waals surface area contributed by atoms with Crippen LogP contribution >= 0.6 is 11.8 Å². The van der Waals surface area contributed by atoms with Crippen LogP contribution in [-0.2, 0) is 0 Å². The van der Waals surface area contributed by atoms with Crippen molar-refractivity contribution in [2.24, 2.45) is 0 Å². The fraction of sp³-hybridized carbons (Fsp3) is 1.00. The Morgan fingerprint density at radius 1 is 1.43 bits per heavy atom.